The molecule has 1 atom stereocenters. The van der Waals surface area contributed by atoms with E-state index in [4.69, 9.17) is 16.3 Å². The van der Waals surface area contributed by atoms with E-state index in [1.54, 1.807) is 0 Å². The standard InChI is InChI=1S/C11H14ClNO/c1-13-10(7-12)8-2-3-11-9(6-8)4-5-14-11/h2-3,6,10,13H,4-5,7H2,1H3. The average molecular weight is 212 g/mol. The van der Waals surface area contributed by atoms with Gasteiger partial charge < -0.3 is 10.1 Å². The molecule has 2 rings (SSSR count). The van der Waals surface area contributed by atoms with Gasteiger partial charge in [-0.05, 0) is 24.2 Å². The number of fused-ring (bicyclic) bond motifs is 1. The number of alkyl halides is 1. The van der Waals surface area contributed by atoms with Crippen molar-refractivity contribution in [2.45, 2.75) is 12.5 Å². The molecule has 76 valence electrons. The van der Waals surface area contributed by atoms with Gasteiger partial charge >= 0.3 is 0 Å². The molecule has 1 unspecified atom stereocenters. The predicted molar refractivity (Wildman–Crippen MR) is 58.2 cm³/mol. The lowest BCUT2D eigenvalue weighted by molar-refractivity contribution is 0.357. The van der Waals surface area contributed by atoms with Crippen LogP contribution < -0.4 is 10.1 Å². The summed E-state index contributed by atoms with van der Waals surface area (Å²) < 4.78 is 5.45. The van der Waals surface area contributed by atoms with E-state index < -0.39 is 0 Å². The third kappa shape index (κ3) is 1.72. The molecular formula is C11H14ClNO. The fourth-order valence-corrected chi connectivity index (χ4v) is 2.09. The Morgan fingerprint density at radius 1 is 1.57 bits per heavy atom. The first-order chi connectivity index (χ1) is 6.85. The quantitative estimate of drug-likeness (QED) is 0.774. The van der Waals surface area contributed by atoms with Crippen LogP contribution in [0.2, 0.25) is 0 Å². The van der Waals surface area contributed by atoms with Crippen molar-refractivity contribution in [1.29, 1.82) is 0 Å². The van der Waals surface area contributed by atoms with Gasteiger partial charge in [-0.25, -0.2) is 0 Å². The van der Waals surface area contributed by atoms with Crippen LogP contribution in [0.5, 0.6) is 5.75 Å². The highest BCUT2D eigenvalue weighted by Gasteiger charge is 2.15. The zero-order chi connectivity index (χ0) is 9.97. The fourth-order valence-electron chi connectivity index (χ4n) is 1.76. The van der Waals surface area contributed by atoms with Crippen molar-refractivity contribution in [2.24, 2.45) is 0 Å². The molecule has 0 saturated heterocycles. The maximum atomic E-state index is 5.86. The molecule has 0 aliphatic carbocycles. The highest BCUT2D eigenvalue weighted by Crippen LogP contribution is 2.28. The van der Waals surface area contributed by atoms with Gasteiger partial charge in [0.1, 0.15) is 5.75 Å². The van der Waals surface area contributed by atoms with Crippen LogP contribution in [0.4, 0.5) is 0 Å². The number of ether oxygens (including phenoxy) is 1. The van der Waals surface area contributed by atoms with E-state index in [0.29, 0.717) is 5.88 Å². The summed E-state index contributed by atoms with van der Waals surface area (Å²) in [5, 5.41) is 3.19. The maximum Gasteiger partial charge on any atom is 0.122 e. The van der Waals surface area contributed by atoms with E-state index in [9.17, 15) is 0 Å². The summed E-state index contributed by atoms with van der Waals surface area (Å²) in [6.45, 7) is 0.809. The Labute approximate surface area is 89.2 Å². The second-order valence-electron chi connectivity index (χ2n) is 3.46. The first-order valence-corrected chi connectivity index (χ1v) is 5.37. The molecule has 0 bridgehead atoms. The monoisotopic (exact) mass is 211 g/mol. The van der Waals surface area contributed by atoms with E-state index in [1.165, 1.54) is 11.1 Å². The molecule has 0 radical (unpaired) electrons. The predicted octanol–water partition coefficient (Wildman–Crippen LogP) is 2.12. The third-order valence-electron chi connectivity index (χ3n) is 2.62. The molecule has 1 aromatic rings. The van der Waals surface area contributed by atoms with Gasteiger partial charge in [0, 0.05) is 18.3 Å². The van der Waals surface area contributed by atoms with Crippen LogP contribution in [-0.2, 0) is 6.42 Å². The van der Waals surface area contributed by atoms with Crippen molar-refractivity contribution in [3.63, 3.8) is 0 Å². The molecule has 2 nitrogen and oxygen atoms in total. The molecule has 1 aromatic carbocycles. The van der Waals surface area contributed by atoms with Crippen LogP contribution in [0.25, 0.3) is 0 Å². The Balaban J connectivity index is 2.27. The van der Waals surface area contributed by atoms with E-state index in [-0.39, 0.29) is 6.04 Å². The lowest BCUT2D eigenvalue weighted by Crippen LogP contribution is -2.17. The fraction of sp³-hybridized carbons (Fsp3) is 0.455. The molecule has 1 heterocycles. The molecule has 1 aliphatic heterocycles. The number of halogens is 1. The summed E-state index contributed by atoms with van der Waals surface area (Å²) in [6.07, 6.45) is 1.02. The van der Waals surface area contributed by atoms with Crippen LogP contribution in [-0.4, -0.2) is 19.5 Å². The van der Waals surface area contributed by atoms with E-state index in [1.807, 2.05) is 13.1 Å². The van der Waals surface area contributed by atoms with Crippen molar-refractivity contribution < 1.29 is 4.74 Å². The summed E-state index contributed by atoms with van der Waals surface area (Å²) in [7, 11) is 1.93. The number of rotatable bonds is 3. The molecule has 0 saturated carbocycles. The minimum Gasteiger partial charge on any atom is -0.493 e. The van der Waals surface area contributed by atoms with Crippen molar-refractivity contribution in [1.82, 2.24) is 5.32 Å². The van der Waals surface area contributed by atoms with Crippen molar-refractivity contribution in [2.75, 3.05) is 19.5 Å². The van der Waals surface area contributed by atoms with Gasteiger partial charge in [0.25, 0.3) is 0 Å². The topological polar surface area (TPSA) is 21.3 Å². The molecule has 0 fully saturated rings. The van der Waals surface area contributed by atoms with Gasteiger partial charge in [0.2, 0.25) is 0 Å². The number of nitrogens with one attached hydrogen (secondary N) is 1. The van der Waals surface area contributed by atoms with Gasteiger partial charge in [-0.2, -0.15) is 0 Å². The second-order valence-corrected chi connectivity index (χ2v) is 3.77. The second kappa shape index (κ2) is 4.20. The first kappa shape index (κ1) is 9.81. The molecule has 1 N–H and O–H groups in total. The summed E-state index contributed by atoms with van der Waals surface area (Å²) in [5.74, 6) is 1.62. The van der Waals surface area contributed by atoms with Crippen LogP contribution in [0.1, 0.15) is 17.2 Å². The van der Waals surface area contributed by atoms with Crippen LogP contribution >= 0.6 is 11.6 Å². The maximum absolute atomic E-state index is 5.86. The zero-order valence-electron chi connectivity index (χ0n) is 8.22. The molecule has 0 aromatic heterocycles. The number of hydrogen-bond acceptors (Lipinski definition) is 2. The number of hydrogen-bond donors (Lipinski definition) is 1. The summed E-state index contributed by atoms with van der Waals surface area (Å²) in [4.78, 5) is 0. The minimum absolute atomic E-state index is 0.238. The lowest BCUT2D eigenvalue weighted by Gasteiger charge is -2.13. The van der Waals surface area contributed by atoms with Crippen LogP contribution in [0.15, 0.2) is 18.2 Å². The Hall–Kier alpha value is -0.730. The van der Waals surface area contributed by atoms with Crippen molar-refractivity contribution >= 4 is 11.6 Å². The van der Waals surface area contributed by atoms with Crippen molar-refractivity contribution in [3.05, 3.63) is 29.3 Å². The Morgan fingerprint density at radius 3 is 3.14 bits per heavy atom. The minimum atomic E-state index is 0.238. The molecule has 0 spiro atoms. The highest BCUT2D eigenvalue weighted by molar-refractivity contribution is 6.18. The van der Waals surface area contributed by atoms with Gasteiger partial charge in [-0.15, -0.1) is 11.6 Å². The summed E-state index contributed by atoms with van der Waals surface area (Å²) in [6, 6.07) is 6.54. The Bertz CT molecular complexity index is 323. The smallest absolute Gasteiger partial charge is 0.122 e. The largest absolute Gasteiger partial charge is 0.493 e. The summed E-state index contributed by atoms with van der Waals surface area (Å²) >= 11 is 5.86. The van der Waals surface area contributed by atoms with E-state index >= 15 is 0 Å². The Morgan fingerprint density at radius 2 is 2.43 bits per heavy atom. The highest BCUT2D eigenvalue weighted by atomic mass is 35.5. The Kier molecular flexibility index (Phi) is 2.94. The van der Waals surface area contributed by atoms with Crippen molar-refractivity contribution in [3.8, 4) is 5.75 Å². The molecular weight excluding hydrogens is 198 g/mol. The molecule has 14 heavy (non-hydrogen) atoms. The average Bonchev–Trinajstić information content (AvgIpc) is 2.66. The third-order valence-corrected chi connectivity index (χ3v) is 2.93. The van der Waals surface area contributed by atoms with Gasteiger partial charge in [-0.1, -0.05) is 12.1 Å². The molecule has 0 amide bonds. The van der Waals surface area contributed by atoms with Crippen LogP contribution in [0.3, 0.4) is 0 Å². The zero-order valence-corrected chi connectivity index (χ0v) is 8.97. The first-order valence-electron chi connectivity index (χ1n) is 4.84. The van der Waals surface area contributed by atoms with Gasteiger partial charge in [-0.3, -0.25) is 0 Å². The SMILES string of the molecule is CNC(CCl)c1ccc2c(c1)CCO2. The normalized spacial score (nSPS) is 16.1. The lowest BCUT2D eigenvalue weighted by atomic mass is 10.0. The summed E-state index contributed by atoms with van der Waals surface area (Å²) in [5.41, 5.74) is 2.54. The molecule has 1 aliphatic rings. The van der Waals surface area contributed by atoms with Gasteiger partial charge in [0.05, 0.1) is 6.61 Å². The van der Waals surface area contributed by atoms with Gasteiger partial charge in [0.15, 0.2) is 0 Å². The van der Waals surface area contributed by atoms with E-state index in [2.05, 4.69) is 17.4 Å². The van der Waals surface area contributed by atoms with E-state index in [0.717, 1.165) is 18.8 Å². The van der Waals surface area contributed by atoms with Crippen LogP contribution in [0, 0.1) is 0 Å². The number of benzene rings is 1. The molecule has 3 heteroatoms.